The Morgan fingerprint density at radius 1 is 1.61 bits per heavy atom. The third-order valence-electron chi connectivity index (χ3n) is 2.81. The molecule has 18 heavy (non-hydrogen) atoms. The quantitative estimate of drug-likeness (QED) is 0.318. The Morgan fingerprint density at radius 2 is 2.22 bits per heavy atom. The molecule has 2 aliphatic heterocycles. The zero-order valence-electron chi connectivity index (χ0n) is 9.94. The smallest absolute Gasteiger partial charge is 0.853 e. The Bertz CT molecular complexity index is 478. The van der Waals surface area contributed by atoms with Crippen LogP contribution in [0, 0.1) is 0 Å². The molecule has 2 rings (SSSR count). The molecule has 2 atom stereocenters. The van der Waals surface area contributed by atoms with Gasteiger partial charge in [-0.25, -0.2) is 4.79 Å². The maximum atomic E-state index is 11.8. The van der Waals surface area contributed by atoms with E-state index < -0.39 is 35.1 Å². The topological polar surface area (TPSA) is 110 Å². The number of fused-ring (bicyclic) bond motifs is 2. The van der Waals surface area contributed by atoms with Gasteiger partial charge in [0.05, 0.1) is 0 Å². The minimum absolute atomic E-state index is 0. The fourth-order valence-electron chi connectivity index (χ4n) is 2.03. The molecule has 2 bridgehead atoms. The largest absolute Gasteiger partial charge is 1.00 e. The van der Waals surface area contributed by atoms with Gasteiger partial charge in [-0.1, -0.05) is 6.08 Å². The molecule has 1 N–H and O–H groups in total. The van der Waals surface area contributed by atoms with E-state index in [0.29, 0.717) is 10.6 Å². The van der Waals surface area contributed by atoms with Gasteiger partial charge in [0, 0.05) is 12.6 Å². The fraction of sp³-hybridized carbons (Fsp3) is 0.625. The van der Waals surface area contributed by atoms with E-state index >= 15 is 0 Å². The Balaban J connectivity index is 0.00000162. The number of urea groups is 1. The fourth-order valence-corrected chi connectivity index (χ4v) is 2.40. The molecule has 0 aromatic carbocycles. The van der Waals surface area contributed by atoms with Crippen LogP contribution in [0.15, 0.2) is 11.6 Å². The molecule has 1 fully saturated rings. The molecule has 0 aromatic heterocycles. The molecular weight excluding hydrogens is 275 g/mol. The Morgan fingerprint density at radius 3 is 2.72 bits per heavy atom. The number of rotatable bonds is 3. The molecule has 10 heteroatoms. The average Bonchev–Trinajstić information content (AvgIpc) is 2.48. The van der Waals surface area contributed by atoms with E-state index in [4.69, 9.17) is 4.55 Å². The molecule has 1 saturated heterocycles. The number of hydrogen-bond acceptors (Lipinski definition) is 5. The second-order valence-electron chi connectivity index (χ2n) is 3.92. The third kappa shape index (κ3) is 2.87. The van der Waals surface area contributed by atoms with Crippen molar-refractivity contribution in [2.24, 2.45) is 0 Å². The van der Waals surface area contributed by atoms with Gasteiger partial charge in [-0.3, -0.25) is 4.55 Å². The summed E-state index contributed by atoms with van der Waals surface area (Å²) in [6, 6.07) is -1.93. The first kappa shape index (κ1) is 15.9. The Kier molecular flexibility index (Phi) is 4.81. The van der Waals surface area contributed by atoms with E-state index in [1.54, 1.807) is 13.0 Å². The molecule has 0 spiro atoms. The Labute approximate surface area is 126 Å². The first-order valence-electron chi connectivity index (χ1n) is 4.86. The van der Waals surface area contributed by atoms with Gasteiger partial charge in [0.25, 0.3) is 0 Å². The maximum Gasteiger partial charge on any atom is 1.00 e. The molecular formula is C8H11N2NaO6S. The van der Waals surface area contributed by atoms with Crippen molar-refractivity contribution in [1.29, 1.82) is 0 Å². The summed E-state index contributed by atoms with van der Waals surface area (Å²) in [5.41, 5.74) is 0.664. The van der Waals surface area contributed by atoms with Gasteiger partial charge in [0.2, 0.25) is 0 Å². The summed E-state index contributed by atoms with van der Waals surface area (Å²) in [7, 11) is -4.75. The van der Waals surface area contributed by atoms with Crippen LogP contribution in [0.5, 0.6) is 0 Å². The van der Waals surface area contributed by atoms with Crippen molar-refractivity contribution in [2.45, 2.75) is 19.0 Å². The van der Waals surface area contributed by atoms with Gasteiger partial charge < -0.3 is 10.0 Å². The van der Waals surface area contributed by atoms with E-state index in [1.807, 2.05) is 0 Å². The summed E-state index contributed by atoms with van der Waals surface area (Å²) in [5.74, 6) is 0. The maximum absolute atomic E-state index is 11.8. The van der Waals surface area contributed by atoms with Crippen LogP contribution in [-0.4, -0.2) is 54.2 Å². The normalized spacial score (nSPS) is 27.1. The number of amides is 2. The number of nitrogens with zero attached hydrogens (tertiary/aromatic N) is 2. The van der Waals surface area contributed by atoms with Gasteiger partial charge in [-0.05, 0) is 12.5 Å². The Hall–Kier alpha value is -0.160. The van der Waals surface area contributed by atoms with E-state index in [-0.39, 0.29) is 36.1 Å². The van der Waals surface area contributed by atoms with Gasteiger partial charge >= 0.3 is 46.0 Å². The van der Waals surface area contributed by atoms with E-state index in [2.05, 4.69) is 4.28 Å². The summed E-state index contributed by atoms with van der Waals surface area (Å²) in [4.78, 5) is 13.0. The summed E-state index contributed by atoms with van der Waals surface area (Å²) in [6.07, 6.45) is 1.60. The van der Waals surface area contributed by atoms with Crippen LogP contribution in [0.2, 0.25) is 0 Å². The van der Waals surface area contributed by atoms with E-state index in [0.717, 1.165) is 0 Å². The first-order chi connectivity index (χ1) is 7.83. The van der Waals surface area contributed by atoms with Gasteiger partial charge in [-0.15, -0.1) is 10.9 Å². The molecule has 2 heterocycles. The van der Waals surface area contributed by atoms with Crippen molar-refractivity contribution in [1.82, 2.24) is 9.96 Å². The molecule has 96 valence electrons. The second-order valence-corrected chi connectivity index (χ2v) is 4.93. The summed E-state index contributed by atoms with van der Waals surface area (Å²) in [6.45, 7) is 1.35. The minimum atomic E-state index is -4.75. The number of hydrogen-bond donors (Lipinski definition) is 1. The predicted octanol–water partition coefficient (Wildman–Crippen LogP) is -4.48. The van der Waals surface area contributed by atoms with Crippen molar-refractivity contribution < 1.29 is 56.7 Å². The molecule has 2 aliphatic rings. The van der Waals surface area contributed by atoms with Crippen LogP contribution in [0.3, 0.4) is 0 Å². The minimum Gasteiger partial charge on any atom is -0.853 e. The SMILES string of the molecule is CC1=C[C@@H](C[O-])N2CC1N(OS(=O)(=O)O)C2=O.[Na+]. The molecule has 8 nitrogen and oxygen atoms in total. The monoisotopic (exact) mass is 286 g/mol. The molecule has 2 amide bonds. The average molecular weight is 286 g/mol. The standard InChI is InChI=1S/C8H11N2O6S.Na/c1-5-2-6(4-11)9-3-7(5)10(8(9)12)16-17(13,14)15;/h2,6-7H,3-4H2,1H3,(H,13,14,15);/q-1;+1/t6-,7?;/m0./s1. The molecule has 1 unspecified atom stereocenters. The van der Waals surface area contributed by atoms with Gasteiger partial charge in [0.15, 0.2) is 0 Å². The summed E-state index contributed by atoms with van der Waals surface area (Å²) >= 11 is 0. The van der Waals surface area contributed by atoms with Crippen molar-refractivity contribution in [2.75, 3.05) is 13.2 Å². The number of carbonyl (C=O) groups excluding carboxylic acids is 1. The first-order valence-corrected chi connectivity index (χ1v) is 6.23. The molecule has 0 aliphatic carbocycles. The zero-order chi connectivity index (χ0) is 12.8. The third-order valence-corrected chi connectivity index (χ3v) is 3.16. The van der Waals surface area contributed by atoms with Gasteiger partial charge in [-0.2, -0.15) is 13.5 Å². The number of hydroxylamine groups is 2. The van der Waals surface area contributed by atoms with Crippen LogP contribution < -0.4 is 34.7 Å². The molecule has 0 aromatic rings. The van der Waals surface area contributed by atoms with Crippen LogP contribution in [-0.2, 0) is 14.7 Å². The summed E-state index contributed by atoms with van der Waals surface area (Å²) < 4.78 is 34.0. The van der Waals surface area contributed by atoms with Crippen LogP contribution in [0.4, 0.5) is 4.79 Å². The van der Waals surface area contributed by atoms with Crippen molar-refractivity contribution >= 4 is 16.4 Å². The summed E-state index contributed by atoms with van der Waals surface area (Å²) in [5, 5.41) is 11.5. The van der Waals surface area contributed by atoms with Crippen molar-refractivity contribution in [3.05, 3.63) is 11.6 Å². The molecule has 0 radical (unpaired) electrons. The zero-order valence-corrected chi connectivity index (χ0v) is 12.8. The van der Waals surface area contributed by atoms with Crippen molar-refractivity contribution in [3.63, 3.8) is 0 Å². The van der Waals surface area contributed by atoms with E-state index in [9.17, 15) is 18.3 Å². The predicted molar refractivity (Wildman–Crippen MR) is 52.8 cm³/mol. The van der Waals surface area contributed by atoms with Gasteiger partial charge in [0.1, 0.15) is 6.04 Å². The van der Waals surface area contributed by atoms with Crippen molar-refractivity contribution in [3.8, 4) is 0 Å². The number of carbonyl (C=O) groups is 1. The van der Waals surface area contributed by atoms with Crippen LogP contribution in [0.1, 0.15) is 6.92 Å². The second kappa shape index (κ2) is 5.45. The van der Waals surface area contributed by atoms with E-state index in [1.165, 1.54) is 4.90 Å². The van der Waals surface area contributed by atoms with Crippen LogP contribution in [0.25, 0.3) is 0 Å². The van der Waals surface area contributed by atoms with Crippen LogP contribution >= 0.6 is 0 Å². The molecule has 0 saturated carbocycles.